The maximum Gasteiger partial charge on any atom is 0.344 e. The Morgan fingerprint density at radius 1 is 1.07 bits per heavy atom. The molecule has 0 aliphatic heterocycles. The number of aryl methyl sites for hydroxylation is 1. The van der Waals surface area contributed by atoms with Gasteiger partial charge in [-0.3, -0.25) is 4.79 Å². The molecule has 0 heterocycles. The van der Waals surface area contributed by atoms with Crippen LogP contribution in [0, 0.1) is 18.6 Å². The minimum absolute atomic E-state index is 0.377. The zero-order valence-corrected chi connectivity index (χ0v) is 15.3. The number of hydrogen-bond donors (Lipinski definition) is 1. The summed E-state index contributed by atoms with van der Waals surface area (Å²) in [6.45, 7) is 5.05. The molecule has 0 aliphatic rings. The first-order valence-corrected chi connectivity index (χ1v) is 8.40. The minimum Gasteiger partial charge on any atom is -0.482 e. The summed E-state index contributed by atoms with van der Waals surface area (Å²) in [5.41, 5.74) is 1.64. The number of rotatable bonds is 7. The highest BCUT2D eigenvalue weighted by atomic mass is 19.1. The van der Waals surface area contributed by atoms with Crippen molar-refractivity contribution in [3.05, 3.63) is 59.2 Å². The standard InChI is InChI=1S/C20H21F2NO4/c1-12(2)15-8-7-14(9-13(15)3)26-11-19(25)27-10-18(24)23-20-16(21)5-4-6-17(20)22/h4-9,12H,10-11H2,1-3H3,(H,23,24). The van der Waals surface area contributed by atoms with E-state index in [1.54, 1.807) is 6.07 Å². The Morgan fingerprint density at radius 2 is 1.74 bits per heavy atom. The third-order valence-corrected chi connectivity index (χ3v) is 3.81. The second-order valence-corrected chi connectivity index (χ2v) is 6.27. The Labute approximate surface area is 156 Å². The molecule has 1 N–H and O–H groups in total. The molecule has 1 amide bonds. The fourth-order valence-electron chi connectivity index (χ4n) is 2.51. The van der Waals surface area contributed by atoms with E-state index >= 15 is 0 Å². The predicted octanol–water partition coefficient (Wildman–Crippen LogP) is 3.96. The number of ether oxygens (including phenoxy) is 2. The van der Waals surface area contributed by atoms with Crippen molar-refractivity contribution in [1.29, 1.82) is 0 Å². The second-order valence-electron chi connectivity index (χ2n) is 6.27. The van der Waals surface area contributed by atoms with Crippen LogP contribution >= 0.6 is 0 Å². The van der Waals surface area contributed by atoms with Crippen LogP contribution in [-0.2, 0) is 14.3 Å². The first-order chi connectivity index (χ1) is 12.8. The van der Waals surface area contributed by atoms with Crippen LogP contribution in [0.2, 0.25) is 0 Å². The van der Waals surface area contributed by atoms with E-state index in [0.717, 1.165) is 17.7 Å². The molecular weight excluding hydrogens is 356 g/mol. The van der Waals surface area contributed by atoms with Gasteiger partial charge in [-0.05, 0) is 48.2 Å². The molecule has 0 radical (unpaired) electrons. The number of para-hydroxylation sites is 1. The molecule has 0 saturated carbocycles. The number of halogens is 2. The van der Waals surface area contributed by atoms with Gasteiger partial charge in [0.25, 0.3) is 5.91 Å². The van der Waals surface area contributed by atoms with Crippen LogP contribution in [0.4, 0.5) is 14.5 Å². The minimum atomic E-state index is -0.918. The molecule has 0 aromatic heterocycles. The van der Waals surface area contributed by atoms with Crippen molar-refractivity contribution < 1.29 is 27.8 Å². The largest absolute Gasteiger partial charge is 0.482 e. The summed E-state index contributed by atoms with van der Waals surface area (Å²) in [5.74, 6) is -2.58. The monoisotopic (exact) mass is 377 g/mol. The van der Waals surface area contributed by atoms with Gasteiger partial charge < -0.3 is 14.8 Å². The third kappa shape index (κ3) is 5.77. The van der Waals surface area contributed by atoms with Crippen molar-refractivity contribution in [1.82, 2.24) is 0 Å². The molecule has 2 aromatic rings. The number of esters is 1. The predicted molar refractivity (Wildman–Crippen MR) is 96.7 cm³/mol. The highest BCUT2D eigenvalue weighted by molar-refractivity contribution is 5.93. The third-order valence-electron chi connectivity index (χ3n) is 3.81. The van der Waals surface area contributed by atoms with Gasteiger partial charge in [0.2, 0.25) is 0 Å². The Bertz CT molecular complexity index is 816. The zero-order chi connectivity index (χ0) is 20.0. The number of amides is 1. The van der Waals surface area contributed by atoms with E-state index in [1.807, 2.05) is 24.4 Å². The SMILES string of the molecule is Cc1cc(OCC(=O)OCC(=O)Nc2c(F)cccc2F)ccc1C(C)C. The van der Waals surface area contributed by atoms with E-state index in [0.29, 0.717) is 11.7 Å². The van der Waals surface area contributed by atoms with Gasteiger partial charge in [-0.2, -0.15) is 0 Å². The lowest BCUT2D eigenvalue weighted by atomic mass is 9.98. The molecule has 0 bridgehead atoms. The normalized spacial score (nSPS) is 10.6. The molecular formula is C20H21F2NO4. The summed E-state index contributed by atoms with van der Waals surface area (Å²) < 4.78 is 37.0. The van der Waals surface area contributed by atoms with Crippen molar-refractivity contribution in [2.75, 3.05) is 18.5 Å². The van der Waals surface area contributed by atoms with Gasteiger partial charge in [-0.25, -0.2) is 13.6 Å². The Hall–Kier alpha value is -2.96. The number of hydrogen-bond acceptors (Lipinski definition) is 4. The lowest BCUT2D eigenvalue weighted by molar-refractivity contribution is -0.149. The Balaban J connectivity index is 1.81. The fourth-order valence-corrected chi connectivity index (χ4v) is 2.51. The lowest BCUT2D eigenvalue weighted by Crippen LogP contribution is -2.24. The summed E-state index contributed by atoms with van der Waals surface area (Å²) >= 11 is 0. The van der Waals surface area contributed by atoms with Crippen LogP contribution in [0.3, 0.4) is 0 Å². The molecule has 2 rings (SSSR count). The van der Waals surface area contributed by atoms with Crippen LogP contribution in [0.25, 0.3) is 0 Å². The van der Waals surface area contributed by atoms with Gasteiger partial charge in [-0.1, -0.05) is 26.0 Å². The number of benzene rings is 2. The van der Waals surface area contributed by atoms with Crippen LogP contribution in [-0.4, -0.2) is 25.1 Å². The molecule has 0 spiro atoms. The summed E-state index contributed by atoms with van der Waals surface area (Å²) in [4.78, 5) is 23.4. The summed E-state index contributed by atoms with van der Waals surface area (Å²) in [6.07, 6.45) is 0. The van der Waals surface area contributed by atoms with Gasteiger partial charge in [0.15, 0.2) is 13.2 Å². The first-order valence-electron chi connectivity index (χ1n) is 8.40. The average molecular weight is 377 g/mol. The zero-order valence-electron chi connectivity index (χ0n) is 15.3. The van der Waals surface area contributed by atoms with Gasteiger partial charge >= 0.3 is 5.97 Å². The molecule has 0 atom stereocenters. The van der Waals surface area contributed by atoms with Crippen molar-refractivity contribution in [2.24, 2.45) is 0 Å². The van der Waals surface area contributed by atoms with Crippen molar-refractivity contribution in [3.63, 3.8) is 0 Å². The van der Waals surface area contributed by atoms with E-state index in [1.165, 1.54) is 11.6 Å². The number of anilines is 1. The molecule has 7 heteroatoms. The Morgan fingerprint density at radius 3 is 2.33 bits per heavy atom. The molecule has 144 valence electrons. The number of carbonyl (C=O) groups excluding carboxylic acids is 2. The van der Waals surface area contributed by atoms with E-state index in [2.05, 4.69) is 13.8 Å². The average Bonchev–Trinajstić information content (AvgIpc) is 2.61. The maximum absolute atomic E-state index is 13.4. The summed E-state index contributed by atoms with van der Waals surface area (Å²) in [5, 5.41) is 2.02. The maximum atomic E-state index is 13.4. The molecule has 27 heavy (non-hydrogen) atoms. The lowest BCUT2D eigenvalue weighted by Gasteiger charge is -2.12. The molecule has 2 aromatic carbocycles. The smallest absolute Gasteiger partial charge is 0.344 e. The van der Waals surface area contributed by atoms with Gasteiger partial charge in [0.1, 0.15) is 23.1 Å². The van der Waals surface area contributed by atoms with Crippen molar-refractivity contribution in [3.8, 4) is 5.75 Å². The Kier molecular flexibility index (Phi) is 6.87. The fraction of sp³-hybridized carbons (Fsp3) is 0.300. The van der Waals surface area contributed by atoms with E-state index < -0.39 is 35.8 Å². The highest BCUT2D eigenvalue weighted by Gasteiger charge is 2.14. The van der Waals surface area contributed by atoms with Crippen molar-refractivity contribution in [2.45, 2.75) is 26.7 Å². The second kappa shape index (κ2) is 9.12. The van der Waals surface area contributed by atoms with Gasteiger partial charge in [-0.15, -0.1) is 0 Å². The molecule has 0 saturated heterocycles. The summed E-state index contributed by atoms with van der Waals surface area (Å²) in [6, 6.07) is 8.68. The van der Waals surface area contributed by atoms with E-state index in [9.17, 15) is 18.4 Å². The van der Waals surface area contributed by atoms with E-state index in [-0.39, 0.29) is 6.61 Å². The highest BCUT2D eigenvalue weighted by Crippen LogP contribution is 2.23. The van der Waals surface area contributed by atoms with Crippen LogP contribution in [0.15, 0.2) is 36.4 Å². The van der Waals surface area contributed by atoms with Crippen molar-refractivity contribution >= 4 is 17.6 Å². The van der Waals surface area contributed by atoms with Gasteiger partial charge in [0, 0.05) is 0 Å². The topological polar surface area (TPSA) is 64.6 Å². The van der Waals surface area contributed by atoms with Crippen LogP contribution in [0.1, 0.15) is 30.9 Å². The molecule has 0 aliphatic carbocycles. The molecule has 0 unspecified atom stereocenters. The first kappa shape index (κ1) is 20.4. The molecule has 0 fully saturated rings. The van der Waals surface area contributed by atoms with Crippen LogP contribution in [0.5, 0.6) is 5.75 Å². The quantitative estimate of drug-likeness (QED) is 0.742. The number of nitrogens with one attached hydrogen (secondary N) is 1. The summed E-state index contributed by atoms with van der Waals surface area (Å²) in [7, 11) is 0. The van der Waals surface area contributed by atoms with Crippen LogP contribution < -0.4 is 10.1 Å². The number of carbonyl (C=O) groups is 2. The van der Waals surface area contributed by atoms with Gasteiger partial charge in [0.05, 0.1) is 0 Å². The molecule has 5 nitrogen and oxygen atoms in total. The van der Waals surface area contributed by atoms with E-state index in [4.69, 9.17) is 9.47 Å².